The summed E-state index contributed by atoms with van der Waals surface area (Å²) in [7, 11) is 0. The van der Waals surface area contributed by atoms with Crippen LogP contribution in [-0.4, -0.2) is 91.8 Å². The van der Waals surface area contributed by atoms with Gasteiger partial charge in [-0.15, -0.1) is 0 Å². The lowest BCUT2D eigenvalue weighted by Crippen LogP contribution is -2.42. The molecule has 4 heterocycles. The van der Waals surface area contributed by atoms with Crippen molar-refractivity contribution in [3.8, 4) is 5.75 Å². The molecule has 212 valence electrons. The number of β-amino-alcohol motifs (C(OH)–C–C–N with tert-alkyl or cyclic N) is 1. The van der Waals surface area contributed by atoms with E-state index in [4.69, 9.17) is 4.74 Å². The Bertz CT molecular complexity index is 1290. The molecule has 2 amide bonds. The summed E-state index contributed by atoms with van der Waals surface area (Å²) in [5, 5.41) is 23.5. The molecular formula is C28H36N8O4. The molecule has 2 aliphatic rings. The Morgan fingerprint density at radius 1 is 1.18 bits per heavy atom. The lowest BCUT2D eigenvalue weighted by molar-refractivity contribution is -0.129. The van der Waals surface area contributed by atoms with Crippen molar-refractivity contribution in [2.24, 2.45) is 0 Å². The van der Waals surface area contributed by atoms with Crippen molar-refractivity contribution < 1.29 is 19.4 Å². The summed E-state index contributed by atoms with van der Waals surface area (Å²) in [6, 6.07) is 7.93. The lowest BCUT2D eigenvalue weighted by Gasteiger charge is -2.31. The molecule has 2 aliphatic heterocycles. The minimum atomic E-state index is -0.714. The highest BCUT2D eigenvalue weighted by molar-refractivity contribution is 5.92. The number of piperidine rings is 1. The molecule has 12 nitrogen and oxygen atoms in total. The number of hydrogen-bond acceptors (Lipinski definition) is 9. The molecule has 12 heteroatoms. The van der Waals surface area contributed by atoms with Gasteiger partial charge in [0.2, 0.25) is 5.91 Å². The average molecular weight is 549 g/mol. The topological polar surface area (TPSA) is 149 Å². The molecule has 1 atom stereocenters. The minimum Gasteiger partial charge on any atom is -0.489 e. The number of amides is 2. The van der Waals surface area contributed by atoms with E-state index in [1.54, 1.807) is 19.2 Å². The fraction of sp³-hybridized carbons (Fsp3) is 0.464. The number of fused-ring (bicyclic) bond motifs is 1. The van der Waals surface area contributed by atoms with Gasteiger partial charge >= 0.3 is 0 Å². The number of H-pyrrole nitrogens is 1. The van der Waals surface area contributed by atoms with Gasteiger partial charge in [-0.05, 0) is 42.5 Å². The quantitative estimate of drug-likeness (QED) is 0.295. The molecule has 1 aromatic carbocycles. The van der Waals surface area contributed by atoms with Crippen molar-refractivity contribution >= 4 is 17.6 Å². The Balaban J connectivity index is 1.05. The van der Waals surface area contributed by atoms with Gasteiger partial charge in [-0.2, -0.15) is 5.10 Å². The van der Waals surface area contributed by atoms with Crippen LogP contribution in [0.4, 0.5) is 5.82 Å². The van der Waals surface area contributed by atoms with Gasteiger partial charge in [0, 0.05) is 70.1 Å². The Labute approximate surface area is 233 Å². The summed E-state index contributed by atoms with van der Waals surface area (Å²) in [5.74, 6) is 1.14. The second-order valence-electron chi connectivity index (χ2n) is 10.4. The predicted molar refractivity (Wildman–Crippen MR) is 148 cm³/mol. The molecular weight excluding hydrogens is 512 g/mol. The molecule has 2 aromatic heterocycles. The van der Waals surface area contributed by atoms with Gasteiger partial charge in [0.15, 0.2) is 0 Å². The number of aliphatic hydroxyl groups is 1. The highest BCUT2D eigenvalue weighted by Gasteiger charge is 2.22. The molecule has 5 rings (SSSR count). The van der Waals surface area contributed by atoms with Gasteiger partial charge < -0.3 is 25.4 Å². The van der Waals surface area contributed by atoms with Crippen LogP contribution >= 0.6 is 0 Å². The monoisotopic (exact) mass is 548 g/mol. The Morgan fingerprint density at radius 3 is 2.80 bits per heavy atom. The van der Waals surface area contributed by atoms with Crippen LogP contribution in [0, 0.1) is 0 Å². The van der Waals surface area contributed by atoms with Crippen LogP contribution in [0.15, 0.2) is 43.0 Å². The number of aromatic nitrogens is 4. The van der Waals surface area contributed by atoms with E-state index < -0.39 is 6.10 Å². The zero-order chi connectivity index (χ0) is 27.9. The highest BCUT2D eigenvalue weighted by Crippen LogP contribution is 2.24. The maximum absolute atomic E-state index is 12.7. The number of nitrogens with one attached hydrogen (secondary N) is 3. The van der Waals surface area contributed by atoms with E-state index >= 15 is 0 Å². The van der Waals surface area contributed by atoms with E-state index in [9.17, 15) is 14.7 Å². The number of ether oxygens (including phenoxy) is 1. The molecule has 4 N–H and O–H groups in total. The number of nitrogens with zero attached hydrogens (tertiary/aromatic N) is 5. The highest BCUT2D eigenvalue weighted by atomic mass is 16.5. The largest absolute Gasteiger partial charge is 0.489 e. The maximum Gasteiger partial charge on any atom is 0.270 e. The molecule has 0 bridgehead atoms. The number of aromatic amines is 1. The third-order valence-corrected chi connectivity index (χ3v) is 7.39. The van der Waals surface area contributed by atoms with Crippen molar-refractivity contribution in [2.45, 2.75) is 51.5 Å². The van der Waals surface area contributed by atoms with Gasteiger partial charge in [0.1, 0.15) is 30.2 Å². The zero-order valence-corrected chi connectivity index (χ0v) is 22.7. The first-order valence-corrected chi connectivity index (χ1v) is 13.7. The molecule has 1 saturated heterocycles. The van der Waals surface area contributed by atoms with Crippen molar-refractivity contribution in [2.75, 3.05) is 38.0 Å². The van der Waals surface area contributed by atoms with Crippen LogP contribution in [0.5, 0.6) is 5.75 Å². The van der Waals surface area contributed by atoms with Gasteiger partial charge in [0.05, 0.1) is 12.3 Å². The fourth-order valence-corrected chi connectivity index (χ4v) is 5.13. The predicted octanol–water partition coefficient (Wildman–Crippen LogP) is 1.35. The molecule has 40 heavy (non-hydrogen) atoms. The molecule has 1 unspecified atom stereocenters. The second kappa shape index (κ2) is 12.9. The van der Waals surface area contributed by atoms with Crippen LogP contribution in [0.25, 0.3) is 0 Å². The zero-order valence-electron chi connectivity index (χ0n) is 22.7. The van der Waals surface area contributed by atoms with Crippen molar-refractivity contribution in [1.29, 1.82) is 0 Å². The number of rotatable bonds is 10. The van der Waals surface area contributed by atoms with E-state index in [1.165, 1.54) is 17.5 Å². The third kappa shape index (κ3) is 7.33. The third-order valence-electron chi connectivity index (χ3n) is 7.39. The van der Waals surface area contributed by atoms with E-state index in [2.05, 4.69) is 47.8 Å². The van der Waals surface area contributed by atoms with Crippen LogP contribution < -0.4 is 15.4 Å². The smallest absolute Gasteiger partial charge is 0.270 e. The van der Waals surface area contributed by atoms with E-state index in [1.807, 2.05) is 17.2 Å². The van der Waals surface area contributed by atoms with Gasteiger partial charge in [0.25, 0.3) is 5.91 Å². The first kappa shape index (κ1) is 27.5. The Hall–Kier alpha value is -4.03. The summed E-state index contributed by atoms with van der Waals surface area (Å²) in [5.41, 5.74) is 3.69. The standard InChI is InChI=1S/C28H36N8O4/c1-19(37)36-8-5-23(6-9-36)34-27-11-26(30-18-31-27)28(39)29-14-24(38)16-35-7-4-21-10-25(3-2-22(21)15-35)40-17-20-12-32-33-13-20/h2-3,10-13,18,23-24,38H,4-9,14-17H2,1H3,(H,29,39)(H,32,33)(H,30,31,34). The number of benzene rings is 1. The Kier molecular flexibility index (Phi) is 8.87. The van der Waals surface area contributed by atoms with E-state index in [0.717, 1.165) is 43.7 Å². The molecule has 3 aromatic rings. The number of likely N-dealkylation sites (tertiary alicyclic amines) is 1. The van der Waals surface area contributed by atoms with Gasteiger partial charge in [-0.1, -0.05) is 6.07 Å². The number of hydrogen-bond donors (Lipinski definition) is 4. The molecule has 0 aliphatic carbocycles. The van der Waals surface area contributed by atoms with Crippen LogP contribution in [0.2, 0.25) is 0 Å². The summed E-state index contributed by atoms with van der Waals surface area (Å²) in [6.45, 7) is 5.58. The maximum atomic E-state index is 12.7. The first-order valence-electron chi connectivity index (χ1n) is 13.7. The SMILES string of the molecule is CC(=O)N1CCC(Nc2cc(C(=O)NCC(O)CN3CCc4cc(OCc5cn[nH]c5)ccc4C3)ncn2)CC1. The normalized spacial score (nSPS) is 16.7. The van der Waals surface area contributed by atoms with Gasteiger partial charge in [-0.25, -0.2) is 9.97 Å². The summed E-state index contributed by atoms with van der Waals surface area (Å²) in [6.07, 6.45) is 6.71. The number of carbonyl (C=O) groups is 2. The number of aliphatic hydroxyl groups excluding tert-OH is 1. The van der Waals surface area contributed by atoms with Crippen molar-refractivity contribution in [3.05, 3.63) is 65.4 Å². The minimum absolute atomic E-state index is 0.0912. The average Bonchev–Trinajstić information content (AvgIpc) is 3.49. The van der Waals surface area contributed by atoms with Crippen LogP contribution in [0.3, 0.4) is 0 Å². The van der Waals surface area contributed by atoms with Crippen LogP contribution in [0.1, 0.15) is 46.9 Å². The van der Waals surface area contributed by atoms with Gasteiger partial charge in [-0.3, -0.25) is 19.6 Å². The van der Waals surface area contributed by atoms with E-state index in [0.29, 0.717) is 32.1 Å². The summed E-state index contributed by atoms with van der Waals surface area (Å²) >= 11 is 0. The summed E-state index contributed by atoms with van der Waals surface area (Å²) in [4.78, 5) is 36.6. The van der Waals surface area contributed by atoms with Crippen LogP contribution in [-0.2, 0) is 24.4 Å². The fourth-order valence-electron chi connectivity index (χ4n) is 5.13. The number of carbonyl (C=O) groups excluding carboxylic acids is 2. The van der Waals surface area contributed by atoms with E-state index in [-0.39, 0.29) is 30.1 Å². The Morgan fingerprint density at radius 2 is 2.02 bits per heavy atom. The van der Waals surface area contributed by atoms with Crippen molar-refractivity contribution in [3.63, 3.8) is 0 Å². The molecule has 0 radical (unpaired) electrons. The first-order chi connectivity index (χ1) is 19.4. The lowest BCUT2D eigenvalue weighted by atomic mass is 9.99. The van der Waals surface area contributed by atoms with Crippen molar-refractivity contribution in [1.82, 2.24) is 35.3 Å². The molecule has 1 fully saturated rings. The number of anilines is 1. The molecule has 0 spiro atoms. The summed E-state index contributed by atoms with van der Waals surface area (Å²) < 4.78 is 5.88. The second-order valence-corrected chi connectivity index (χ2v) is 10.4. The molecule has 0 saturated carbocycles.